The highest BCUT2D eigenvalue weighted by Crippen LogP contribution is 2.32. The van der Waals surface area contributed by atoms with E-state index < -0.39 is 0 Å². The number of carbonyl (C=O) groups is 2. The Labute approximate surface area is 183 Å². The van der Waals surface area contributed by atoms with Crippen LogP contribution in [-0.4, -0.2) is 53.3 Å². The van der Waals surface area contributed by atoms with E-state index >= 15 is 0 Å². The molecule has 1 atom stereocenters. The fraction of sp³-hybridized carbons (Fsp3) is 0.542. The monoisotopic (exact) mass is 425 g/mol. The highest BCUT2D eigenvalue weighted by Gasteiger charge is 2.33. The molecule has 7 heteroatoms. The summed E-state index contributed by atoms with van der Waals surface area (Å²) >= 11 is 0. The van der Waals surface area contributed by atoms with Gasteiger partial charge in [-0.25, -0.2) is 4.98 Å². The van der Waals surface area contributed by atoms with Crippen molar-refractivity contribution in [2.24, 2.45) is 0 Å². The quantitative estimate of drug-likeness (QED) is 0.705. The van der Waals surface area contributed by atoms with E-state index in [4.69, 9.17) is 9.15 Å². The molecule has 2 fully saturated rings. The minimum Gasteiger partial charge on any atom is -0.496 e. The van der Waals surface area contributed by atoms with Gasteiger partial charge in [0.15, 0.2) is 0 Å². The average Bonchev–Trinajstić information content (AvgIpc) is 3.17. The highest BCUT2D eigenvalue weighted by atomic mass is 16.5. The summed E-state index contributed by atoms with van der Waals surface area (Å²) < 4.78 is 11.5. The van der Waals surface area contributed by atoms with E-state index in [0.29, 0.717) is 31.8 Å². The number of methoxy groups -OCH3 is 1. The first-order valence-corrected chi connectivity index (χ1v) is 11.3. The SMILES string of the molecule is COc1ccccc1Cc1cnc(C2CCCCN2C(=O)CN2CCCCCC2=O)o1. The molecule has 2 aromatic rings. The van der Waals surface area contributed by atoms with Crippen LogP contribution in [-0.2, 0) is 16.0 Å². The van der Waals surface area contributed by atoms with Crippen molar-refractivity contribution in [3.63, 3.8) is 0 Å². The van der Waals surface area contributed by atoms with Crippen LogP contribution in [0.5, 0.6) is 5.75 Å². The summed E-state index contributed by atoms with van der Waals surface area (Å²) in [6.45, 7) is 1.50. The Balaban J connectivity index is 1.46. The van der Waals surface area contributed by atoms with Crippen molar-refractivity contribution >= 4 is 11.8 Å². The molecule has 1 unspecified atom stereocenters. The zero-order valence-electron chi connectivity index (χ0n) is 18.2. The molecule has 2 aliphatic rings. The lowest BCUT2D eigenvalue weighted by Crippen LogP contribution is -2.46. The number of rotatable bonds is 6. The van der Waals surface area contributed by atoms with E-state index in [0.717, 1.165) is 55.6 Å². The number of aromatic nitrogens is 1. The predicted octanol–water partition coefficient (Wildman–Crippen LogP) is 3.73. The molecule has 0 aliphatic carbocycles. The number of amides is 2. The van der Waals surface area contributed by atoms with Crippen molar-refractivity contribution in [1.29, 1.82) is 0 Å². The van der Waals surface area contributed by atoms with E-state index in [9.17, 15) is 9.59 Å². The van der Waals surface area contributed by atoms with Gasteiger partial charge in [0, 0.05) is 31.5 Å². The van der Waals surface area contributed by atoms with Gasteiger partial charge in [0.1, 0.15) is 17.6 Å². The van der Waals surface area contributed by atoms with E-state index in [2.05, 4.69) is 4.98 Å². The van der Waals surface area contributed by atoms with Crippen LogP contribution in [0.4, 0.5) is 0 Å². The second-order valence-electron chi connectivity index (χ2n) is 8.38. The topological polar surface area (TPSA) is 75.9 Å². The molecule has 7 nitrogen and oxygen atoms in total. The number of nitrogens with zero attached hydrogens (tertiary/aromatic N) is 3. The lowest BCUT2D eigenvalue weighted by molar-refractivity contribution is -0.143. The Morgan fingerprint density at radius 1 is 1.16 bits per heavy atom. The van der Waals surface area contributed by atoms with Crippen LogP contribution in [0.2, 0.25) is 0 Å². The maximum absolute atomic E-state index is 13.1. The van der Waals surface area contributed by atoms with Gasteiger partial charge in [-0.2, -0.15) is 0 Å². The van der Waals surface area contributed by atoms with E-state index in [1.165, 1.54) is 0 Å². The molecular formula is C24H31N3O4. The summed E-state index contributed by atoms with van der Waals surface area (Å²) in [6.07, 6.45) is 8.63. The molecule has 2 aliphatic heterocycles. The van der Waals surface area contributed by atoms with Gasteiger partial charge >= 0.3 is 0 Å². The maximum Gasteiger partial charge on any atom is 0.242 e. The third-order valence-corrected chi connectivity index (χ3v) is 6.23. The standard InChI is InChI=1S/C24H31N3O4/c1-30-21-11-5-4-9-18(21)15-19-16-25-24(31-19)20-10-6-8-14-27(20)23(29)17-26-13-7-2-3-12-22(26)28/h4-5,9,11,16,20H,2-3,6-8,10,12-15,17H2,1H3. The largest absolute Gasteiger partial charge is 0.496 e. The van der Waals surface area contributed by atoms with Crippen molar-refractivity contribution in [3.8, 4) is 5.75 Å². The highest BCUT2D eigenvalue weighted by molar-refractivity contribution is 5.85. The van der Waals surface area contributed by atoms with Crippen LogP contribution in [0.1, 0.15) is 68.2 Å². The van der Waals surface area contributed by atoms with Gasteiger partial charge in [-0.15, -0.1) is 0 Å². The lowest BCUT2D eigenvalue weighted by Gasteiger charge is -2.35. The average molecular weight is 426 g/mol. The number of ether oxygens (including phenoxy) is 1. The van der Waals surface area contributed by atoms with E-state index in [1.807, 2.05) is 29.2 Å². The molecule has 3 heterocycles. The summed E-state index contributed by atoms with van der Waals surface area (Å²) in [5.74, 6) is 2.23. The van der Waals surface area contributed by atoms with Crippen LogP contribution in [0, 0.1) is 0 Å². The molecule has 0 spiro atoms. The molecule has 0 bridgehead atoms. The zero-order chi connectivity index (χ0) is 21.6. The van der Waals surface area contributed by atoms with Gasteiger partial charge in [-0.05, 0) is 38.2 Å². The fourth-order valence-electron chi connectivity index (χ4n) is 4.54. The summed E-state index contributed by atoms with van der Waals surface area (Å²) in [5, 5.41) is 0. The molecular weight excluding hydrogens is 394 g/mol. The summed E-state index contributed by atoms with van der Waals surface area (Å²) in [7, 11) is 1.66. The number of likely N-dealkylation sites (tertiary alicyclic amines) is 2. The number of hydrogen-bond acceptors (Lipinski definition) is 5. The Kier molecular flexibility index (Phi) is 6.89. The Morgan fingerprint density at radius 2 is 2.00 bits per heavy atom. The van der Waals surface area contributed by atoms with Gasteiger partial charge < -0.3 is 19.0 Å². The second kappa shape index (κ2) is 9.98. The van der Waals surface area contributed by atoms with E-state index in [-0.39, 0.29) is 24.4 Å². The molecule has 0 radical (unpaired) electrons. The lowest BCUT2D eigenvalue weighted by atomic mass is 10.0. The third-order valence-electron chi connectivity index (χ3n) is 6.23. The van der Waals surface area contributed by atoms with Gasteiger partial charge in [0.2, 0.25) is 17.7 Å². The van der Waals surface area contributed by atoms with Crippen molar-refractivity contribution in [3.05, 3.63) is 47.7 Å². The summed E-state index contributed by atoms with van der Waals surface area (Å²) in [6, 6.07) is 7.68. The van der Waals surface area contributed by atoms with Crippen molar-refractivity contribution < 1.29 is 18.7 Å². The third kappa shape index (κ3) is 5.09. The molecule has 0 saturated carbocycles. The first-order valence-electron chi connectivity index (χ1n) is 11.3. The predicted molar refractivity (Wildman–Crippen MR) is 116 cm³/mol. The molecule has 2 amide bonds. The van der Waals surface area contributed by atoms with Crippen LogP contribution in [0.3, 0.4) is 0 Å². The van der Waals surface area contributed by atoms with Crippen molar-refractivity contribution in [2.45, 2.75) is 57.4 Å². The van der Waals surface area contributed by atoms with Crippen molar-refractivity contribution in [1.82, 2.24) is 14.8 Å². The number of carbonyl (C=O) groups excluding carboxylic acids is 2. The fourth-order valence-corrected chi connectivity index (χ4v) is 4.54. The summed E-state index contributed by atoms with van der Waals surface area (Å²) in [4.78, 5) is 33.6. The van der Waals surface area contributed by atoms with Crippen LogP contribution < -0.4 is 4.74 Å². The molecule has 2 saturated heterocycles. The molecule has 166 valence electrons. The number of oxazole rings is 1. The minimum absolute atomic E-state index is 0.00979. The Morgan fingerprint density at radius 3 is 2.87 bits per heavy atom. The van der Waals surface area contributed by atoms with Crippen LogP contribution >= 0.6 is 0 Å². The Bertz CT molecular complexity index is 910. The summed E-state index contributed by atoms with van der Waals surface area (Å²) in [5.41, 5.74) is 1.03. The van der Waals surface area contributed by atoms with Crippen molar-refractivity contribution in [2.75, 3.05) is 26.7 Å². The minimum atomic E-state index is -0.172. The van der Waals surface area contributed by atoms with Gasteiger partial charge in [-0.3, -0.25) is 9.59 Å². The smallest absolute Gasteiger partial charge is 0.242 e. The number of hydrogen-bond donors (Lipinski definition) is 0. The van der Waals surface area contributed by atoms with Gasteiger partial charge in [-0.1, -0.05) is 24.6 Å². The molecule has 0 N–H and O–H groups in total. The van der Waals surface area contributed by atoms with Crippen LogP contribution in [0.15, 0.2) is 34.9 Å². The number of benzene rings is 1. The first-order chi connectivity index (χ1) is 15.2. The maximum atomic E-state index is 13.1. The Hall–Kier alpha value is -2.83. The normalized spacial score (nSPS) is 19.9. The number of piperidine rings is 1. The van der Waals surface area contributed by atoms with Crippen LogP contribution in [0.25, 0.3) is 0 Å². The molecule has 1 aromatic carbocycles. The van der Waals surface area contributed by atoms with Gasteiger partial charge in [0.05, 0.1) is 19.9 Å². The second-order valence-corrected chi connectivity index (χ2v) is 8.38. The molecule has 1 aromatic heterocycles. The first kappa shape index (κ1) is 21.4. The van der Waals surface area contributed by atoms with E-state index in [1.54, 1.807) is 18.2 Å². The zero-order valence-corrected chi connectivity index (χ0v) is 18.2. The number of para-hydroxylation sites is 1. The molecule has 4 rings (SSSR count). The molecule has 31 heavy (non-hydrogen) atoms. The van der Waals surface area contributed by atoms with Gasteiger partial charge in [0.25, 0.3) is 0 Å².